The molecule has 3 fully saturated rings. The van der Waals surface area contributed by atoms with Gasteiger partial charge in [0.1, 0.15) is 5.76 Å². The van der Waals surface area contributed by atoms with Crippen LogP contribution in [-0.4, -0.2) is 34.7 Å². The molecule has 0 aromatic carbocycles. The molecule has 4 aliphatic rings. The number of thioether (sulfide) groups is 1. The molecule has 3 saturated heterocycles. The third-order valence-corrected chi connectivity index (χ3v) is 8.80. The summed E-state index contributed by atoms with van der Waals surface area (Å²) in [7, 11) is 0. The van der Waals surface area contributed by atoms with E-state index in [2.05, 4.69) is 70.4 Å². The van der Waals surface area contributed by atoms with Gasteiger partial charge in [-0.2, -0.15) is 0 Å². The Morgan fingerprint density at radius 1 is 1.29 bits per heavy atom. The van der Waals surface area contributed by atoms with Crippen molar-refractivity contribution >= 4 is 11.8 Å². The summed E-state index contributed by atoms with van der Waals surface area (Å²) < 4.78 is 7.07. The van der Waals surface area contributed by atoms with Crippen LogP contribution in [0.1, 0.15) is 41.5 Å². The maximum Gasteiger partial charge on any atom is 0.167 e. The summed E-state index contributed by atoms with van der Waals surface area (Å²) in [5.41, 5.74) is 1.37. The molecule has 134 valence electrons. The number of hydrogen-bond donors (Lipinski definition) is 0. The first-order valence-corrected chi connectivity index (χ1v) is 10.7. The third-order valence-electron chi connectivity index (χ3n) is 7.12. The van der Waals surface area contributed by atoms with Crippen LogP contribution in [0.25, 0.3) is 0 Å². The van der Waals surface area contributed by atoms with E-state index >= 15 is 0 Å². The van der Waals surface area contributed by atoms with Crippen molar-refractivity contribution < 1.29 is 4.74 Å². The van der Waals surface area contributed by atoms with Gasteiger partial charge in [-0.25, -0.2) is 0 Å². The Hall–Kier alpha value is -0.410. The topological polar surface area (TPSA) is 12.5 Å². The number of hydrogen-bond acceptors (Lipinski definition) is 3. The molecule has 3 aliphatic heterocycles. The predicted molar refractivity (Wildman–Crippen MR) is 103 cm³/mol. The van der Waals surface area contributed by atoms with Crippen LogP contribution in [0.4, 0.5) is 0 Å². The second kappa shape index (κ2) is 5.81. The van der Waals surface area contributed by atoms with Crippen LogP contribution in [0.2, 0.25) is 0 Å². The molecule has 0 amide bonds. The highest BCUT2D eigenvalue weighted by Gasteiger charge is 2.61. The SMILES string of the molecule is CC1=CC(C)C2C(=C1)OC1N(CC2C)CC2C(C(C)C)CSC21C. The van der Waals surface area contributed by atoms with Crippen molar-refractivity contribution in [3.05, 3.63) is 23.5 Å². The van der Waals surface area contributed by atoms with Gasteiger partial charge in [-0.3, -0.25) is 4.90 Å². The highest BCUT2D eigenvalue weighted by atomic mass is 32.2. The number of rotatable bonds is 1. The molecule has 4 rings (SSSR count). The first kappa shape index (κ1) is 17.0. The van der Waals surface area contributed by atoms with Crippen LogP contribution in [0.15, 0.2) is 23.5 Å². The van der Waals surface area contributed by atoms with E-state index in [1.54, 1.807) is 0 Å². The standard InChI is InChI=1S/C21H33NOS/c1-12(2)16-11-24-21(6)17(16)10-22-9-15(5)19-14(4)7-13(3)8-18(19)23-20(21)22/h7-8,12,14-17,19-20H,9-11H2,1-6H3. The molecule has 0 radical (unpaired) electrons. The van der Waals surface area contributed by atoms with Gasteiger partial charge in [-0.1, -0.05) is 39.3 Å². The van der Waals surface area contributed by atoms with Crippen molar-refractivity contribution in [1.82, 2.24) is 4.90 Å². The Bertz CT molecular complexity index is 582. The van der Waals surface area contributed by atoms with Crippen molar-refractivity contribution in [2.24, 2.45) is 35.5 Å². The Balaban J connectivity index is 1.67. The van der Waals surface area contributed by atoms with Gasteiger partial charge < -0.3 is 4.74 Å². The van der Waals surface area contributed by atoms with Gasteiger partial charge in [0, 0.05) is 19.0 Å². The minimum atomic E-state index is 0.253. The van der Waals surface area contributed by atoms with Crippen LogP contribution in [0, 0.1) is 35.5 Å². The maximum atomic E-state index is 6.82. The van der Waals surface area contributed by atoms with Gasteiger partial charge in [-0.15, -0.1) is 11.8 Å². The summed E-state index contributed by atoms with van der Waals surface area (Å²) >= 11 is 2.18. The lowest BCUT2D eigenvalue weighted by atomic mass is 9.77. The van der Waals surface area contributed by atoms with Gasteiger partial charge in [-0.05, 0) is 55.3 Å². The number of ether oxygens (including phenoxy) is 1. The van der Waals surface area contributed by atoms with Crippen LogP contribution in [-0.2, 0) is 4.74 Å². The van der Waals surface area contributed by atoms with E-state index in [9.17, 15) is 0 Å². The first-order chi connectivity index (χ1) is 11.3. The first-order valence-electron chi connectivity index (χ1n) is 9.76. The van der Waals surface area contributed by atoms with E-state index in [0.29, 0.717) is 17.8 Å². The highest BCUT2D eigenvalue weighted by Crippen LogP contribution is 2.58. The van der Waals surface area contributed by atoms with E-state index in [1.807, 2.05) is 0 Å². The van der Waals surface area contributed by atoms with Crippen molar-refractivity contribution in [3.8, 4) is 0 Å². The molecule has 3 heteroatoms. The lowest BCUT2D eigenvalue weighted by molar-refractivity contribution is -0.00220. The fourth-order valence-corrected chi connectivity index (χ4v) is 7.87. The number of fused-ring (bicyclic) bond motifs is 4. The van der Waals surface area contributed by atoms with E-state index in [-0.39, 0.29) is 11.0 Å². The second-order valence-electron chi connectivity index (χ2n) is 9.25. The minimum Gasteiger partial charge on any atom is -0.478 e. The third kappa shape index (κ3) is 2.41. The number of allylic oxidation sites excluding steroid dienone is 4. The quantitative estimate of drug-likeness (QED) is 0.677. The van der Waals surface area contributed by atoms with Crippen molar-refractivity contribution in [2.45, 2.75) is 52.5 Å². The summed E-state index contributed by atoms with van der Waals surface area (Å²) in [4.78, 5) is 2.68. The van der Waals surface area contributed by atoms with Gasteiger partial charge >= 0.3 is 0 Å². The fourth-order valence-electron chi connectivity index (χ4n) is 5.89. The zero-order valence-corrected chi connectivity index (χ0v) is 16.9. The van der Waals surface area contributed by atoms with Crippen molar-refractivity contribution in [3.63, 3.8) is 0 Å². The molecule has 0 aromatic rings. The van der Waals surface area contributed by atoms with Crippen LogP contribution in [0.3, 0.4) is 0 Å². The normalized spacial score (nSPS) is 48.1. The Kier molecular flexibility index (Phi) is 4.12. The molecular formula is C21H33NOS. The van der Waals surface area contributed by atoms with Crippen LogP contribution < -0.4 is 0 Å². The largest absolute Gasteiger partial charge is 0.478 e. The van der Waals surface area contributed by atoms with Gasteiger partial charge in [0.05, 0.1) is 4.75 Å². The molecular weight excluding hydrogens is 314 g/mol. The monoisotopic (exact) mass is 347 g/mol. The maximum absolute atomic E-state index is 6.82. The van der Waals surface area contributed by atoms with E-state index in [0.717, 1.165) is 17.8 Å². The fraction of sp³-hybridized carbons (Fsp3) is 0.810. The minimum absolute atomic E-state index is 0.253. The molecule has 7 unspecified atom stereocenters. The molecule has 0 spiro atoms. The average molecular weight is 348 g/mol. The molecule has 7 atom stereocenters. The Labute approximate surface area is 152 Å². The lowest BCUT2D eigenvalue weighted by Gasteiger charge is -2.35. The van der Waals surface area contributed by atoms with E-state index in [1.165, 1.54) is 30.2 Å². The van der Waals surface area contributed by atoms with Gasteiger partial charge in [0.2, 0.25) is 0 Å². The predicted octanol–water partition coefficient (Wildman–Crippen LogP) is 4.78. The van der Waals surface area contributed by atoms with E-state index < -0.39 is 0 Å². The zero-order chi connectivity index (χ0) is 17.2. The summed E-state index contributed by atoms with van der Waals surface area (Å²) in [6, 6.07) is 0. The molecule has 24 heavy (non-hydrogen) atoms. The Morgan fingerprint density at radius 2 is 2.04 bits per heavy atom. The summed E-state index contributed by atoms with van der Waals surface area (Å²) in [6.45, 7) is 16.7. The molecule has 0 N–H and O–H groups in total. The van der Waals surface area contributed by atoms with Crippen LogP contribution >= 0.6 is 11.8 Å². The number of nitrogens with zero attached hydrogens (tertiary/aromatic N) is 1. The average Bonchev–Trinajstić information content (AvgIpc) is 2.86. The lowest BCUT2D eigenvalue weighted by Crippen LogP contribution is -2.42. The molecule has 0 bridgehead atoms. The summed E-state index contributed by atoms with van der Waals surface area (Å²) in [5.74, 6) is 6.74. The zero-order valence-electron chi connectivity index (χ0n) is 16.1. The summed E-state index contributed by atoms with van der Waals surface area (Å²) in [5, 5.41) is 0. The van der Waals surface area contributed by atoms with Crippen molar-refractivity contribution in [2.75, 3.05) is 18.8 Å². The molecule has 0 aromatic heterocycles. The molecule has 0 saturated carbocycles. The van der Waals surface area contributed by atoms with E-state index in [4.69, 9.17) is 4.74 Å². The summed E-state index contributed by atoms with van der Waals surface area (Å²) in [6.07, 6.45) is 5.00. The molecule has 1 aliphatic carbocycles. The van der Waals surface area contributed by atoms with Crippen molar-refractivity contribution in [1.29, 1.82) is 0 Å². The van der Waals surface area contributed by atoms with Crippen LogP contribution in [0.5, 0.6) is 0 Å². The highest BCUT2D eigenvalue weighted by molar-refractivity contribution is 8.01. The van der Waals surface area contributed by atoms with Gasteiger partial charge in [0.25, 0.3) is 0 Å². The molecule has 3 heterocycles. The smallest absolute Gasteiger partial charge is 0.167 e. The van der Waals surface area contributed by atoms with Gasteiger partial charge in [0.15, 0.2) is 6.23 Å². The Morgan fingerprint density at radius 3 is 2.75 bits per heavy atom. The molecule has 2 nitrogen and oxygen atoms in total. The second-order valence-corrected chi connectivity index (χ2v) is 10.8.